The first kappa shape index (κ1) is 18.4. The topological polar surface area (TPSA) is 74.7 Å². The molecule has 0 radical (unpaired) electrons. The first-order valence-corrected chi connectivity index (χ1v) is 7.41. The van der Waals surface area contributed by atoms with E-state index in [1.54, 1.807) is 0 Å². The third-order valence-electron chi connectivity index (χ3n) is 2.70. The van der Waals surface area contributed by atoms with Gasteiger partial charge in [-0.3, -0.25) is 4.79 Å². The fraction of sp³-hybridized carbons (Fsp3) is 0.417. The summed E-state index contributed by atoms with van der Waals surface area (Å²) in [4.78, 5) is 9.56. The van der Waals surface area contributed by atoms with Crippen LogP contribution in [0.3, 0.4) is 0 Å². The van der Waals surface area contributed by atoms with Crippen molar-refractivity contribution in [1.29, 1.82) is 0 Å². The fourth-order valence-electron chi connectivity index (χ4n) is 1.75. The minimum absolute atomic E-state index is 0.0617. The molecule has 0 aliphatic carbocycles. The van der Waals surface area contributed by atoms with Crippen molar-refractivity contribution in [2.45, 2.75) is 31.0 Å². The lowest BCUT2D eigenvalue weighted by Gasteiger charge is -2.25. The Balaban J connectivity index is 3.54. The number of hydrogen-bond donors (Lipinski definition) is 1. The Morgan fingerprint density at radius 1 is 1.32 bits per heavy atom. The Labute approximate surface area is 124 Å². The number of carboxylic acids is 1. The number of carbonyl (C=O) groups is 1. The predicted molar refractivity (Wildman–Crippen MR) is 68.1 cm³/mol. The first-order valence-electron chi connectivity index (χ1n) is 5.97. The van der Waals surface area contributed by atoms with Crippen molar-refractivity contribution in [2.24, 2.45) is 0 Å². The highest BCUT2D eigenvalue weighted by molar-refractivity contribution is 7.89. The third-order valence-corrected chi connectivity index (χ3v) is 4.78. The summed E-state index contributed by atoms with van der Waals surface area (Å²) in [5.74, 6) is -2.77. The van der Waals surface area contributed by atoms with E-state index in [4.69, 9.17) is 5.11 Å². The number of sulfonamides is 1. The Morgan fingerprint density at radius 3 is 2.27 bits per heavy atom. The van der Waals surface area contributed by atoms with E-state index < -0.39 is 51.0 Å². The molecule has 1 rings (SSSR count). The van der Waals surface area contributed by atoms with Gasteiger partial charge in [-0.15, -0.1) is 0 Å². The van der Waals surface area contributed by atoms with Crippen molar-refractivity contribution < 1.29 is 35.9 Å². The summed E-state index contributed by atoms with van der Waals surface area (Å²) >= 11 is 0. The van der Waals surface area contributed by atoms with Crippen LogP contribution < -0.4 is 0 Å². The number of nitrogens with zero attached hydrogens (tertiary/aromatic N) is 1. The number of halogens is 4. The number of hydrogen-bond acceptors (Lipinski definition) is 3. The second-order valence-electron chi connectivity index (χ2n) is 4.68. The van der Waals surface area contributed by atoms with Crippen molar-refractivity contribution in [3.05, 3.63) is 29.6 Å². The second kappa shape index (κ2) is 6.21. The zero-order chi connectivity index (χ0) is 17.3. The fourth-order valence-corrected chi connectivity index (χ4v) is 3.53. The average molecular weight is 343 g/mol. The molecule has 124 valence electrons. The van der Waals surface area contributed by atoms with Crippen LogP contribution in [-0.4, -0.2) is 36.4 Å². The minimum Gasteiger partial charge on any atom is -0.480 e. The van der Waals surface area contributed by atoms with Gasteiger partial charge in [-0.1, -0.05) is 0 Å². The number of benzene rings is 1. The number of rotatable bonds is 5. The van der Waals surface area contributed by atoms with Crippen LogP contribution in [-0.2, 0) is 21.0 Å². The molecule has 0 aliphatic heterocycles. The van der Waals surface area contributed by atoms with Gasteiger partial charge < -0.3 is 5.11 Å². The van der Waals surface area contributed by atoms with E-state index in [0.29, 0.717) is 16.4 Å². The maximum atomic E-state index is 13.0. The van der Waals surface area contributed by atoms with Crippen molar-refractivity contribution in [2.75, 3.05) is 6.54 Å². The van der Waals surface area contributed by atoms with Gasteiger partial charge in [0.2, 0.25) is 10.0 Å². The minimum atomic E-state index is -5.10. The summed E-state index contributed by atoms with van der Waals surface area (Å²) < 4.78 is 76.8. The maximum absolute atomic E-state index is 13.0. The van der Waals surface area contributed by atoms with Crippen LogP contribution in [0, 0.1) is 5.82 Å². The zero-order valence-electron chi connectivity index (χ0n) is 11.6. The zero-order valence-corrected chi connectivity index (χ0v) is 12.4. The Morgan fingerprint density at radius 2 is 1.86 bits per heavy atom. The van der Waals surface area contributed by atoms with Crippen LogP contribution in [0.25, 0.3) is 0 Å². The Hall–Kier alpha value is -1.68. The smallest absolute Gasteiger partial charge is 0.417 e. The van der Waals surface area contributed by atoms with Crippen LogP contribution in [0.15, 0.2) is 23.1 Å². The second-order valence-corrected chi connectivity index (χ2v) is 6.53. The maximum Gasteiger partial charge on any atom is 0.417 e. The lowest BCUT2D eigenvalue weighted by atomic mass is 10.2. The lowest BCUT2D eigenvalue weighted by Crippen LogP contribution is -2.41. The quantitative estimate of drug-likeness (QED) is 0.833. The molecule has 0 saturated carbocycles. The van der Waals surface area contributed by atoms with E-state index in [1.807, 2.05) is 0 Å². The summed E-state index contributed by atoms with van der Waals surface area (Å²) in [5.41, 5.74) is -1.68. The third kappa shape index (κ3) is 3.95. The van der Waals surface area contributed by atoms with Gasteiger partial charge in [0.15, 0.2) is 0 Å². The molecule has 0 heterocycles. The van der Waals surface area contributed by atoms with E-state index in [9.17, 15) is 30.8 Å². The number of alkyl halides is 3. The standard InChI is InChI=1S/C12H13F4NO4S/c1-7(2)17(6-11(18)19)22(20,21)10-4-3-8(13)5-9(10)12(14,15)16/h3-5,7H,6H2,1-2H3,(H,18,19). The molecule has 1 N–H and O–H groups in total. The summed E-state index contributed by atoms with van der Waals surface area (Å²) in [5, 5.41) is 8.73. The monoisotopic (exact) mass is 343 g/mol. The SMILES string of the molecule is CC(C)N(CC(=O)O)S(=O)(=O)c1ccc(F)cc1C(F)(F)F. The molecule has 0 aliphatic rings. The molecular formula is C12H13F4NO4S. The molecule has 1 aromatic rings. The molecule has 22 heavy (non-hydrogen) atoms. The average Bonchev–Trinajstić information content (AvgIpc) is 2.33. The predicted octanol–water partition coefficient (Wildman–Crippen LogP) is 2.33. The van der Waals surface area contributed by atoms with E-state index in [1.165, 1.54) is 13.8 Å². The highest BCUT2D eigenvalue weighted by atomic mass is 32.2. The molecule has 0 unspecified atom stereocenters. The van der Waals surface area contributed by atoms with E-state index in [-0.39, 0.29) is 6.07 Å². The van der Waals surface area contributed by atoms with E-state index in [2.05, 4.69) is 0 Å². The van der Waals surface area contributed by atoms with Gasteiger partial charge in [0.05, 0.1) is 10.5 Å². The molecule has 0 bridgehead atoms. The molecular weight excluding hydrogens is 330 g/mol. The first-order chi connectivity index (χ1) is 9.87. The van der Waals surface area contributed by atoms with Crippen molar-refractivity contribution >= 4 is 16.0 Å². The molecule has 0 atom stereocenters. The van der Waals surface area contributed by atoms with Gasteiger partial charge in [-0.25, -0.2) is 12.8 Å². The highest BCUT2D eigenvalue weighted by Gasteiger charge is 2.40. The Bertz CT molecular complexity index is 670. The molecule has 0 spiro atoms. The number of carboxylic acid groups (broad SMARTS) is 1. The van der Waals surface area contributed by atoms with Crippen molar-refractivity contribution in [1.82, 2.24) is 4.31 Å². The van der Waals surface area contributed by atoms with Gasteiger partial charge >= 0.3 is 12.1 Å². The van der Waals surface area contributed by atoms with Crippen LogP contribution >= 0.6 is 0 Å². The summed E-state index contributed by atoms with van der Waals surface area (Å²) in [6.07, 6.45) is -5.10. The number of aliphatic carboxylic acids is 1. The van der Waals surface area contributed by atoms with Crippen molar-refractivity contribution in [3.63, 3.8) is 0 Å². The molecule has 1 aromatic carbocycles. The molecule has 0 fully saturated rings. The molecule has 5 nitrogen and oxygen atoms in total. The lowest BCUT2D eigenvalue weighted by molar-refractivity contribution is -0.140. The van der Waals surface area contributed by atoms with Gasteiger partial charge in [-0.05, 0) is 32.0 Å². The highest BCUT2D eigenvalue weighted by Crippen LogP contribution is 2.36. The van der Waals surface area contributed by atoms with Gasteiger partial charge in [0.1, 0.15) is 12.4 Å². The van der Waals surface area contributed by atoms with Crippen LogP contribution in [0.4, 0.5) is 17.6 Å². The largest absolute Gasteiger partial charge is 0.480 e. The molecule has 10 heteroatoms. The van der Waals surface area contributed by atoms with Crippen LogP contribution in [0.1, 0.15) is 19.4 Å². The summed E-state index contributed by atoms with van der Waals surface area (Å²) in [6.45, 7) is 1.63. The molecule has 0 saturated heterocycles. The molecule has 0 amide bonds. The van der Waals surface area contributed by atoms with Crippen molar-refractivity contribution in [3.8, 4) is 0 Å². The van der Waals surface area contributed by atoms with Crippen LogP contribution in [0.5, 0.6) is 0 Å². The van der Waals surface area contributed by atoms with Gasteiger partial charge in [0.25, 0.3) is 0 Å². The van der Waals surface area contributed by atoms with E-state index >= 15 is 0 Å². The summed E-state index contributed by atoms with van der Waals surface area (Å²) in [7, 11) is -4.76. The van der Waals surface area contributed by atoms with E-state index in [0.717, 1.165) is 0 Å². The summed E-state index contributed by atoms with van der Waals surface area (Å²) in [6, 6.07) is 0.213. The molecule has 0 aromatic heterocycles. The van der Waals surface area contributed by atoms with Gasteiger partial charge in [0, 0.05) is 6.04 Å². The normalized spacial score (nSPS) is 12.9. The van der Waals surface area contributed by atoms with Crippen LogP contribution in [0.2, 0.25) is 0 Å². The Kier molecular flexibility index (Phi) is 5.18. The van der Waals surface area contributed by atoms with Gasteiger partial charge in [-0.2, -0.15) is 17.5 Å².